The van der Waals surface area contributed by atoms with E-state index in [9.17, 15) is 0 Å². The Bertz CT molecular complexity index is 371. The number of halogens is 1. The summed E-state index contributed by atoms with van der Waals surface area (Å²) in [6, 6.07) is 5.29. The van der Waals surface area contributed by atoms with E-state index in [1.807, 2.05) is 6.20 Å². The van der Waals surface area contributed by atoms with Gasteiger partial charge in [0.05, 0.1) is 5.69 Å². The summed E-state index contributed by atoms with van der Waals surface area (Å²) in [4.78, 5) is 7.08. The molecule has 0 spiro atoms. The molecule has 1 aromatic heterocycles. The number of nitrogens with two attached hydrogens (primary N) is 1. The highest BCUT2D eigenvalue weighted by Crippen LogP contribution is 2.23. The van der Waals surface area contributed by atoms with Gasteiger partial charge in [0.25, 0.3) is 0 Å². The minimum Gasteiger partial charge on any atom is -0.328 e. The predicted molar refractivity (Wildman–Crippen MR) is 82.9 cm³/mol. The maximum Gasteiger partial charge on any atom is 0.0544 e. The Morgan fingerprint density at radius 3 is 2.63 bits per heavy atom. The summed E-state index contributed by atoms with van der Waals surface area (Å²) in [6.45, 7) is 4.36. The van der Waals surface area contributed by atoms with Crippen molar-refractivity contribution in [2.45, 2.75) is 57.7 Å². The van der Waals surface area contributed by atoms with Crippen LogP contribution >= 0.6 is 15.9 Å². The summed E-state index contributed by atoms with van der Waals surface area (Å²) in [5.74, 6) is 0. The van der Waals surface area contributed by atoms with Crippen LogP contribution < -0.4 is 5.73 Å². The van der Waals surface area contributed by atoms with Crippen LogP contribution in [0.15, 0.2) is 22.8 Å². The van der Waals surface area contributed by atoms with Crippen molar-refractivity contribution < 1.29 is 0 Å². The summed E-state index contributed by atoms with van der Waals surface area (Å²) < 4.78 is 1.04. The van der Waals surface area contributed by atoms with E-state index < -0.39 is 0 Å². The Morgan fingerprint density at radius 2 is 2.05 bits per heavy atom. The zero-order valence-electron chi connectivity index (χ0n) is 11.7. The molecule has 0 radical (unpaired) electrons. The molecule has 0 unspecified atom stereocenters. The number of hydrogen-bond acceptors (Lipinski definition) is 3. The molecule has 1 fully saturated rings. The lowest BCUT2D eigenvalue weighted by molar-refractivity contribution is 0.140. The molecule has 19 heavy (non-hydrogen) atoms. The van der Waals surface area contributed by atoms with Crippen LogP contribution in [0.25, 0.3) is 0 Å². The van der Waals surface area contributed by atoms with E-state index in [0.29, 0.717) is 12.1 Å². The van der Waals surface area contributed by atoms with Crippen LogP contribution in [0, 0.1) is 0 Å². The molecule has 106 valence electrons. The van der Waals surface area contributed by atoms with Crippen molar-refractivity contribution in [1.29, 1.82) is 0 Å². The average Bonchev–Trinajstić information content (AvgIpc) is 2.42. The number of pyridine rings is 1. The van der Waals surface area contributed by atoms with Crippen molar-refractivity contribution in [2.24, 2.45) is 5.73 Å². The van der Waals surface area contributed by atoms with Crippen LogP contribution in [0.5, 0.6) is 0 Å². The third-order valence-electron chi connectivity index (χ3n) is 3.92. The molecule has 3 nitrogen and oxygen atoms in total. The lowest BCUT2D eigenvalue weighted by Crippen LogP contribution is -2.41. The number of rotatable bonds is 5. The lowest BCUT2D eigenvalue weighted by Gasteiger charge is -2.35. The molecule has 0 amide bonds. The predicted octanol–water partition coefficient (Wildman–Crippen LogP) is 3.33. The highest BCUT2D eigenvalue weighted by molar-refractivity contribution is 9.10. The minimum atomic E-state index is 0.422. The number of hydrogen-bond donors (Lipinski definition) is 1. The Hall–Kier alpha value is -0.450. The molecule has 1 heterocycles. The van der Waals surface area contributed by atoms with Gasteiger partial charge in [0.15, 0.2) is 0 Å². The SMILES string of the molecule is CCCN(Cc1ccc(Br)cn1)C1CCC(N)CC1. The van der Waals surface area contributed by atoms with Crippen LogP contribution in [0.3, 0.4) is 0 Å². The van der Waals surface area contributed by atoms with Crippen molar-refractivity contribution >= 4 is 15.9 Å². The Kier molecular flexibility index (Phi) is 5.79. The van der Waals surface area contributed by atoms with Crippen LogP contribution in [0.1, 0.15) is 44.7 Å². The zero-order valence-corrected chi connectivity index (χ0v) is 13.3. The fourth-order valence-corrected chi connectivity index (χ4v) is 3.09. The fraction of sp³-hybridized carbons (Fsp3) is 0.667. The molecule has 0 atom stereocenters. The molecular formula is C15H24BrN3. The second kappa shape index (κ2) is 7.36. The molecular weight excluding hydrogens is 302 g/mol. The monoisotopic (exact) mass is 325 g/mol. The van der Waals surface area contributed by atoms with E-state index >= 15 is 0 Å². The second-order valence-electron chi connectivity index (χ2n) is 5.51. The highest BCUT2D eigenvalue weighted by Gasteiger charge is 2.23. The molecule has 0 aromatic carbocycles. The minimum absolute atomic E-state index is 0.422. The quantitative estimate of drug-likeness (QED) is 0.902. The van der Waals surface area contributed by atoms with Gasteiger partial charge in [-0.15, -0.1) is 0 Å². The van der Waals surface area contributed by atoms with E-state index in [4.69, 9.17) is 5.73 Å². The normalized spacial score (nSPS) is 23.8. The van der Waals surface area contributed by atoms with E-state index in [-0.39, 0.29) is 0 Å². The summed E-state index contributed by atoms with van der Waals surface area (Å²) in [5.41, 5.74) is 7.16. The van der Waals surface area contributed by atoms with Crippen molar-refractivity contribution in [3.63, 3.8) is 0 Å². The topological polar surface area (TPSA) is 42.2 Å². The van der Waals surface area contributed by atoms with Gasteiger partial charge in [0.2, 0.25) is 0 Å². The standard InChI is InChI=1S/C15H24BrN3/c1-2-9-19(15-7-4-13(17)5-8-15)11-14-6-3-12(16)10-18-14/h3,6,10,13,15H,2,4-5,7-9,11,17H2,1H3. The van der Waals surface area contributed by atoms with Crippen molar-refractivity contribution in [1.82, 2.24) is 9.88 Å². The molecule has 4 heteroatoms. The summed E-state index contributed by atoms with van der Waals surface area (Å²) in [7, 11) is 0. The van der Waals surface area contributed by atoms with Gasteiger partial charge in [-0.3, -0.25) is 9.88 Å². The smallest absolute Gasteiger partial charge is 0.0544 e. The first-order valence-corrected chi connectivity index (χ1v) is 8.08. The van der Waals surface area contributed by atoms with Gasteiger partial charge < -0.3 is 5.73 Å². The van der Waals surface area contributed by atoms with Gasteiger partial charge in [0, 0.05) is 29.3 Å². The number of aromatic nitrogens is 1. The fourth-order valence-electron chi connectivity index (χ4n) is 2.85. The molecule has 1 aliphatic carbocycles. The molecule has 2 rings (SSSR count). The zero-order chi connectivity index (χ0) is 13.7. The summed E-state index contributed by atoms with van der Waals surface area (Å²) >= 11 is 3.44. The van der Waals surface area contributed by atoms with Crippen LogP contribution in [-0.4, -0.2) is 28.5 Å². The molecule has 0 aliphatic heterocycles. The van der Waals surface area contributed by atoms with Crippen LogP contribution in [0.2, 0.25) is 0 Å². The van der Waals surface area contributed by atoms with E-state index in [1.54, 1.807) is 0 Å². The summed E-state index contributed by atoms with van der Waals surface area (Å²) in [5, 5.41) is 0. The molecule has 1 aromatic rings. The average molecular weight is 326 g/mol. The molecule has 0 saturated heterocycles. The molecule has 2 N–H and O–H groups in total. The maximum absolute atomic E-state index is 6.00. The van der Waals surface area contributed by atoms with Gasteiger partial charge in [-0.2, -0.15) is 0 Å². The Morgan fingerprint density at radius 1 is 1.32 bits per heavy atom. The number of nitrogens with zero attached hydrogens (tertiary/aromatic N) is 2. The Labute approximate surface area is 124 Å². The van der Waals surface area contributed by atoms with Crippen molar-refractivity contribution in [2.75, 3.05) is 6.54 Å². The van der Waals surface area contributed by atoms with Gasteiger partial charge >= 0.3 is 0 Å². The van der Waals surface area contributed by atoms with E-state index in [2.05, 4.69) is 44.9 Å². The third-order valence-corrected chi connectivity index (χ3v) is 4.39. The maximum atomic E-state index is 6.00. The van der Waals surface area contributed by atoms with Crippen LogP contribution in [-0.2, 0) is 6.54 Å². The van der Waals surface area contributed by atoms with Crippen molar-refractivity contribution in [3.05, 3.63) is 28.5 Å². The largest absolute Gasteiger partial charge is 0.328 e. The second-order valence-corrected chi connectivity index (χ2v) is 6.42. The molecule has 0 bridgehead atoms. The first-order valence-electron chi connectivity index (χ1n) is 7.29. The van der Waals surface area contributed by atoms with Crippen LogP contribution in [0.4, 0.5) is 0 Å². The van der Waals surface area contributed by atoms with Gasteiger partial charge in [-0.25, -0.2) is 0 Å². The van der Waals surface area contributed by atoms with Gasteiger partial charge in [-0.05, 0) is 66.7 Å². The van der Waals surface area contributed by atoms with Gasteiger partial charge in [-0.1, -0.05) is 6.92 Å². The van der Waals surface area contributed by atoms with E-state index in [0.717, 1.165) is 23.3 Å². The lowest BCUT2D eigenvalue weighted by atomic mass is 9.90. The van der Waals surface area contributed by atoms with Gasteiger partial charge in [0.1, 0.15) is 0 Å². The first-order chi connectivity index (χ1) is 9.19. The Balaban J connectivity index is 1.97. The van der Waals surface area contributed by atoms with Crippen molar-refractivity contribution in [3.8, 4) is 0 Å². The highest BCUT2D eigenvalue weighted by atomic mass is 79.9. The first kappa shape index (κ1) is 14.9. The third kappa shape index (κ3) is 4.55. The molecule has 1 saturated carbocycles. The van der Waals surface area contributed by atoms with E-state index in [1.165, 1.54) is 32.1 Å². The summed E-state index contributed by atoms with van der Waals surface area (Å²) in [6.07, 6.45) is 7.88. The molecule has 1 aliphatic rings.